The summed E-state index contributed by atoms with van der Waals surface area (Å²) in [4.78, 5) is 0. The zero-order valence-electron chi connectivity index (χ0n) is 4.78. The maximum Gasteiger partial charge on any atom is 0.104 e. The maximum absolute atomic E-state index is 2.37. The molecule has 0 N–H and O–H groups in total. The van der Waals surface area contributed by atoms with Crippen LogP contribution in [0.15, 0.2) is 0 Å². The summed E-state index contributed by atoms with van der Waals surface area (Å²) in [5, 5.41) is 0. The molecule has 3 saturated carbocycles. The largest absolute Gasteiger partial charge is 0.104 e. The Hall–Kier alpha value is -0.130. The monoisotopic (exact) mass is 95.1 g/mol. The molecule has 2 atom stereocenters. The Morgan fingerprint density at radius 3 is 2.57 bits per heavy atom. The lowest BCUT2D eigenvalue weighted by atomic mass is 9.74. The molecule has 3 fully saturated rings. The molecule has 0 aromatic rings. The van der Waals surface area contributed by atoms with Gasteiger partial charge in [-0.15, -0.1) is 0 Å². The zero-order chi connectivity index (χ0) is 4.85. The standard InChI is InChI=1S/C7H11/c1-5-6-2-3-7(5)4-6/h5-6H,2-4H2,1H3/q+1. The van der Waals surface area contributed by atoms with Gasteiger partial charge in [0.2, 0.25) is 0 Å². The first kappa shape index (κ1) is 3.82. The van der Waals surface area contributed by atoms with Gasteiger partial charge in [0.15, 0.2) is 0 Å². The molecule has 0 amide bonds. The summed E-state index contributed by atoms with van der Waals surface area (Å²) >= 11 is 0. The van der Waals surface area contributed by atoms with Crippen LogP contribution in [0, 0.1) is 17.8 Å². The van der Waals surface area contributed by atoms with E-state index in [9.17, 15) is 0 Å². The fraction of sp³-hybridized carbons (Fsp3) is 0.857. The van der Waals surface area contributed by atoms with Crippen LogP contribution in [0.5, 0.6) is 0 Å². The van der Waals surface area contributed by atoms with Gasteiger partial charge < -0.3 is 0 Å². The summed E-state index contributed by atoms with van der Waals surface area (Å²) in [5.74, 6) is 4.00. The minimum atomic E-state index is 1.03. The second-order valence-corrected chi connectivity index (χ2v) is 2.95. The topological polar surface area (TPSA) is 0 Å². The third kappa shape index (κ3) is 0.309. The Balaban J connectivity index is 2.14. The first-order valence-electron chi connectivity index (χ1n) is 3.22. The molecule has 0 aliphatic heterocycles. The highest BCUT2D eigenvalue weighted by Crippen LogP contribution is 2.54. The molecular formula is C7H11+. The quantitative estimate of drug-likeness (QED) is 0.404. The highest BCUT2D eigenvalue weighted by atomic mass is 14.5. The molecule has 3 aliphatic rings. The Morgan fingerprint density at radius 1 is 1.57 bits per heavy atom. The second-order valence-electron chi connectivity index (χ2n) is 2.95. The van der Waals surface area contributed by atoms with Gasteiger partial charge in [-0.1, -0.05) is 0 Å². The van der Waals surface area contributed by atoms with E-state index in [2.05, 4.69) is 6.92 Å². The van der Waals surface area contributed by atoms with Gasteiger partial charge in [-0.2, -0.15) is 0 Å². The van der Waals surface area contributed by atoms with E-state index in [4.69, 9.17) is 0 Å². The highest BCUT2D eigenvalue weighted by molar-refractivity contribution is 5.15. The number of fused-ring (bicyclic) bond motifs is 1. The van der Waals surface area contributed by atoms with Crippen LogP contribution in [0.2, 0.25) is 0 Å². The van der Waals surface area contributed by atoms with Gasteiger partial charge in [0.25, 0.3) is 0 Å². The molecule has 0 aromatic heterocycles. The van der Waals surface area contributed by atoms with Crippen molar-refractivity contribution >= 4 is 0 Å². The number of hydrogen-bond donors (Lipinski definition) is 0. The Kier molecular flexibility index (Phi) is 0.539. The lowest BCUT2D eigenvalue weighted by Crippen LogP contribution is -2.22. The van der Waals surface area contributed by atoms with Gasteiger partial charge >= 0.3 is 0 Å². The summed E-state index contributed by atoms with van der Waals surface area (Å²) in [5.41, 5.74) is 0. The Morgan fingerprint density at radius 2 is 2.43 bits per heavy atom. The van der Waals surface area contributed by atoms with Crippen molar-refractivity contribution in [3.05, 3.63) is 5.92 Å². The van der Waals surface area contributed by atoms with Gasteiger partial charge in [0.1, 0.15) is 5.92 Å². The SMILES string of the molecule is CC1[C+]2CCC1C2. The summed E-state index contributed by atoms with van der Waals surface area (Å²) in [6.45, 7) is 2.37. The molecule has 38 valence electrons. The van der Waals surface area contributed by atoms with Crippen molar-refractivity contribution in [1.29, 1.82) is 0 Å². The van der Waals surface area contributed by atoms with Crippen molar-refractivity contribution < 1.29 is 0 Å². The molecule has 2 unspecified atom stereocenters. The van der Waals surface area contributed by atoms with Crippen LogP contribution in [-0.2, 0) is 0 Å². The maximum atomic E-state index is 2.37. The molecule has 0 aromatic carbocycles. The summed E-state index contributed by atoms with van der Waals surface area (Å²) in [6.07, 6.45) is 4.46. The molecule has 0 spiro atoms. The second kappa shape index (κ2) is 0.988. The van der Waals surface area contributed by atoms with Crippen LogP contribution >= 0.6 is 0 Å². The van der Waals surface area contributed by atoms with Crippen molar-refractivity contribution in [2.45, 2.75) is 26.2 Å². The predicted octanol–water partition coefficient (Wildman–Crippen LogP) is 2.01. The average molecular weight is 95.2 g/mol. The van der Waals surface area contributed by atoms with Crippen LogP contribution in [0.3, 0.4) is 0 Å². The van der Waals surface area contributed by atoms with Crippen LogP contribution in [0.25, 0.3) is 0 Å². The highest BCUT2D eigenvalue weighted by Gasteiger charge is 2.54. The third-order valence-corrected chi connectivity index (χ3v) is 2.71. The average Bonchev–Trinajstić information content (AvgIpc) is 2.18. The molecule has 0 heterocycles. The fourth-order valence-electron chi connectivity index (χ4n) is 1.92. The van der Waals surface area contributed by atoms with Crippen LogP contribution in [0.1, 0.15) is 26.2 Å². The summed E-state index contributed by atoms with van der Waals surface area (Å²) < 4.78 is 0. The Labute approximate surface area is 44.9 Å². The van der Waals surface area contributed by atoms with E-state index in [1.54, 1.807) is 0 Å². The van der Waals surface area contributed by atoms with Crippen molar-refractivity contribution in [3.63, 3.8) is 0 Å². The molecule has 2 bridgehead atoms. The van der Waals surface area contributed by atoms with Gasteiger partial charge in [0, 0.05) is 5.92 Å². The third-order valence-electron chi connectivity index (χ3n) is 2.71. The van der Waals surface area contributed by atoms with E-state index in [1.807, 2.05) is 5.92 Å². The van der Waals surface area contributed by atoms with Gasteiger partial charge in [-0.05, 0) is 13.3 Å². The fourth-order valence-corrected chi connectivity index (χ4v) is 1.92. The van der Waals surface area contributed by atoms with E-state index >= 15 is 0 Å². The molecule has 3 rings (SSSR count). The lowest BCUT2D eigenvalue weighted by molar-refractivity contribution is 0.314. The van der Waals surface area contributed by atoms with Crippen LogP contribution < -0.4 is 0 Å². The van der Waals surface area contributed by atoms with E-state index in [-0.39, 0.29) is 0 Å². The number of rotatable bonds is 0. The normalized spacial score (nSPS) is 46.7. The summed E-state index contributed by atoms with van der Waals surface area (Å²) in [7, 11) is 0. The molecular weight excluding hydrogens is 84.1 g/mol. The minimum absolute atomic E-state index is 1.03. The van der Waals surface area contributed by atoms with E-state index in [0.717, 1.165) is 11.8 Å². The molecule has 7 heavy (non-hydrogen) atoms. The van der Waals surface area contributed by atoms with E-state index in [0.29, 0.717) is 0 Å². The predicted molar refractivity (Wildman–Crippen MR) is 29.7 cm³/mol. The zero-order valence-corrected chi connectivity index (χ0v) is 4.78. The van der Waals surface area contributed by atoms with Gasteiger partial charge in [-0.3, -0.25) is 0 Å². The van der Waals surface area contributed by atoms with Crippen LogP contribution in [-0.4, -0.2) is 0 Å². The molecule has 0 nitrogen and oxygen atoms in total. The van der Waals surface area contributed by atoms with Crippen LogP contribution in [0.4, 0.5) is 0 Å². The first-order valence-corrected chi connectivity index (χ1v) is 3.22. The molecule has 0 saturated heterocycles. The molecule has 3 aliphatic carbocycles. The van der Waals surface area contributed by atoms with Crippen molar-refractivity contribution in [2.24, 2.45) is 11.8 Å². The van der Waals surface area contributed by atoms with Crippen molar-refractivity contribution in [2.75, 3.05) is 0 Å². The van der Waals surface area contributed by atoms with Crippen molar-refractivity contribution in [3.8, 4) is 0 Å². The van der Waals surface area contributed by atoms with E-state index in [1.165, 1.54) is 19.3 Å². The van der Waals surface area contributed by atoms with Crippen molar-refractivity contribution in [1.82, 2.24) is 0 Å². The van der Waals surface area contributed by atoms with E-state index < -0.39 is 0 Å². The van der Waals surface area contributed by atoms with Gasteiger partial charge in [-0.25, -0.2) is 0 Å². The first-order chi connectivity index (χ1) is 3.38. The minimum Gasteiger partial charge on any atom is -0.0209 e. The van der Waals surface area contributed by atoms with Gasteiger partial charge in [0.05, 0.1) is 18.8 Å². The molecule has 0 heteroatoms. The molecule has 0 radical (unpaired) electrons. The number of hydrogen-bond acceptors (Lipinski definition) is 0. The smallest absolute Gasteiger partial charge is 0.0209 e. The lowest BCUT2D eigenvalue weighted by Gasteiger charge is -2.20. The Bertz CT molecular complexity index is 72.0. The summed E-state index contributed by atoms with van der Waals surface area (Å²) in [6, 6.07) is 0.